The van der Waals surface area contributed by atoms with Gasteiger partial charge in [-0.05, 0) is 40.3 Å². The summed E-state index contributed by atoms with van der Waals surface area (Å²) in [5.41, 5.74) is 4.77. The third kappa shape index (κ3) is 6.44. The van der Waals surface area contributed by atoms with Crippen molar-refractivity contribution in [1.82, 2.24) is 4.90 Å². The molecule has 0 fully saturated rings. The summed E-state index contributed by atoms with van der Waals surface area (Å²) in [6.07, 6.45) is 1.75. The highest BCUT2D eigenvalue weighted by molar-refractivity contribution is 5.75. The standard InChI is InChI=1S/C10H19N3O/c1-10(2,8-11)5-4-6-13(3)7-9(12)14/h4-7H2,1-3H3,(H2,12,14). The zero-order valence-corrected chi connectivity index (χ0v) is 9.21. The molecular formula is C10H19N3O. The predicted octanol–water partition coefficient (Wildman–Crippen LogP) is 0.733. The van der Waals surface area contributed by atoms with Crippen molar-refractivity contribution in [1.29, 1.82) is 5.26 Å². The van der Waals surface area contributed by atoms with E-state index in [2.05, 4.69) is 6.07 Å². The number of nitrogens with zero attached hydrogens (tertiary/aromatic N) is 2. The van der Waals surface area contributed by atoms with Crippen LogP contribution in [0.4, 0.5) is 0 Å². The van der Waals surface area contributed by atoms with Crippen LogP contribution < -0.4 is 5.73 Å². The van der Waals surface area contributed by atoms with E-state index in [1.807, 2.05) is 25.8 Å². The molecule has 0 saturated heterocycles. The highest BCUT2D eigenvalue weighted by Crippen LogP contribution is 2.20. The molecule has 0 saturated carbocycles. The fourth-order valence-corrected chi connectivity index (χ4v) is 1.19. The number of amides is 1. The van der Waals surface area contributed by atoms with Crippen LogP contribution >= 0.6 is 0 Å². The smallest absolute Gasteiger partial charge is 0.231 e. The lowest BCUT2D eigenvalue weighted by atomic mass is 9.90. The number of hydrogen-bond acceptors (Lipinski definition) is 3. The van der Waals surface area contributed by atoms with Crippen LogP contribution in [-0.4, -0.2) is 30.9 Å². The van der Waals surface area contributed by atoms with Gasteiger partial charge in [0.25, 0.3) is 0 Å². The first kappa shape index (κ1) is 12.9. The number of hydrogen-bond donors (Lipinski definition) is 1. The molecule has 0 aromatic heterocycles. The van der Waals surface area contributed by atoms with Crippen LogP contribution in [0.2, 0.25) is 0 Å². The minimum Gasteiger partial charge on any atom is -0.369 e. The minimum atomic E-state index is -0.313. The second kappa shape index (κ2) is 5.61. The van der Waals surface area contributed by atoms with Crippen LogP contribution in [0.15, 0.2) is 0 Å². The summed E-state index contributed by atoms with van der Waals surface area (Å²) in [6, 6.07) is 2.25. The summed E-state index contributed by atoms with van der Waals surface area (Å²) in [5.74, 6) is -0.313. The lowest BCUT2D eigenvalue weighted by Crippen LogP contribution is -2.31. The maximum absolute atomic E-state index is 10.6. The minimum absolute atomic E-state index is 0.270. The van der Waals surface area contributed by atoms with Gasteiger partial charge in [0.15, 0.2) is 0 Å². The molecule has 0 atom stereocenters. The molecule has 0 aliphatic carbocycles. The van der Waals surface area contributed by atoms with Gasteiger partial charge < -0.3 is 5.73 Å². The fraction of sp³-hybridized carbons (Fsp3) is 0.800. The first-order valence-corrected chi connectivity index (χ1v) is 4.75. The normalized spacial score (nSPS) is 11.4. The number of rotatable bonds is 6. The quantitative estimate of drug-likeness (QED) is 0.682. The van der Waals surface area contributed by atoms with E-state index in [1.165, 1.54) is 0 Å². The molecule has 1 amide bonds. The van der Waals surface area contributed by atoms with Crippen LogP contribution in [-0.2, 0) is 4.79 Å². The van der Waals surface area contributed by atoms with Crippen LogP contribution in [0.5, 0.6) is 0 Å². The second-order valence-electron chi connectivity index (χ2n) is 4.30. The number of primary amides is 1. The Morgan fingerprint density at radius 1 is 1.57 bits per heavy atom. The zero-order chi connectivity index (χ0) is 11.2. The molecule has 0 heterocycles. The topological polar surface area (TPSA) is 70.1 Å². The van der Waals surface area contributed by atoms with E-state index in [0.717, 1.165) is 19.4 Å². The highest BCUT2D eigenvalue weighted by atomic mass is 16.1. The summed E-state index contributed by atoms with van der Waals surface area (Å²) in [7, 11) is 1.85. The van der Waals surface area contributed by atoms with Gasteiger partial charge in [0.2, 0.25) is 5.91 Å². The Hall–Kier alpha value is -1.08. The first-order chi connectivity index (χ1) is 6.37. The van der Waals surface area contributed by atoms with Gasteiger partial charge in [-0.1, -0.05) is 0 Å². The molecule has 4 heteroatoms. The SMILES string of the molecule is CN(CCCC(C)(C)C#N)CC(N)=O. The largest absolute Gasteiger partial charge is 0.369 e. The van der Waals surface area contributed by atoms with Gasteiger partial charge in [0, 0.05) is 0 Å². The molecule has 0 aromatic rings. The first-order valence-electron chi connectivity index (χ1n) is 4.75. The Labute approximate surface area is 85.7 Å². The van der Waals surface area contributed by atoms with Crippen molar-refractivity contribution in [3.63, 3.8) is 0 Å². The Morgan fingerprint density at radius 3 is 2.57 bits per heavy atom. The van der Waals surface area contributed by atoms with Crippen molar-refractivity contribution in [3.05, 3.63) is 0 Å². The molecule has 0 aromatic carbocycles. The van der Waals surface area contributed by atoms with Crippen molar-refractivity contribution >= 4 is 5.91 Å². The number of nitriles is 1. The summed E-state index contributed by atoms with van der Waals surface area (Å²) in [6.45, 7) is 4.92. The summed E-state index contributed by atoms with van der Waals surface area (Å²) < 4.78 is 0. The second-order valence-corrected chi connectivity index (χ2v) is 4.30. The lowest BCUT2D eigenvalue weighted by molar-refractivity contribution is -0.118. The Morgan fingerprint density at radius 2 is 2.14 bits per heavy atom. The van der Waals surface area contributed by atoms with Crippen molar-refractivity contribution in [2.45, 2.75) is 26.7 Å². The summed E-state index contributed by atoms with van der Waals surface area (Å²) in [4.78, 5) is 12.4. The van der Waals surface area contributed by atoms with Crippen LogP contribution in [0, 0.1) is 16.7 Å². The molecule has 0 unspecified atom stereocenters. The maximum Gasteiger partial charge on any atom is 0.231 e. The molecule has 2 N–H and O–H groups in total. The maximum atomic E-state index is 10.6. The van der Waals surface area contributed by atoms with Gasteiger partial charge >= 0.3 is 0 Å². The Balaban J connectivity index is 3.65. The van der Waals surface area contributed by atoms with Gasteiger partial charge in [-0.3, -0.25) is 9.69 Å². The van der Waals surface area contributed by atoms with Gasteiger partial charge in [0.1, 0.15) is 0 Å². The molecule has 0 aliphatic rings. The molecular weight excluding hydrogens is 178 g/mol. The van der Waals surface area contributed by atoms with Gasteiger partial charge in [-0.15, -0.1) is 0 Å². The molecule has 0 aliphatic heterocycles. The van der Waals surface area contributed by atoms with Gasteiger partial charge in [-0.2, -0.15) is 5.26 Å². The zero-order valence-electron chi connectivity index (χ0n) is 9.21. The monoisotopic (exact) mass is 197 g/mol. The van der Waals surface area contributed by atoms with E-state index < -0.39 is 0 Å². The molecule has 0 bridgehead atoms. The van der Waals surface area contributed by atoms with Crippen molar-refractivity contribution in [3.8, 4) is 6.07 Å². The average molecular weight is 197 g/mol. The summed E-state index contributed by atoms with van der Waals surface area (Å²) >= 11 is 0. The van der Waals surface area contributed by atoms with E-state index in [4.69, 9.17) is 11.0 Å². The number of likely N-dealkylation sites (N-methyl/N-ethyl adjacent to an activating group) is 1. The van der Waals surface area contributed by atoms with E-state index >= 15 is 0 Å². The molecule has 0 radical (unpaired) electrons. The van der Waals surface area contributed by atoms with Gasteiger partial charge in [0.05, 0.1) is 18.0 Å². The van der Waals surface area contributed by atoms with Crippen LogP contribution in [0.3, 0.4) is 0 Å². The Bertz CT molecular complexity index is 230. The number of carbonyl (C=O) groups excluding carboxylic acids is 1. The lowest BCUT2D eigenvalue weighted by Gasteiger charge is -2.18. The van der Waals surface area contributed by atoms with E-state index in [1.54, 1.807) is 0 Å². The van der Waals surface area contributed by atoms with Crippen molar-refractivity contribution in [2.24, 2.45) is 11.1 Å². The number of carbonyl (C=O) groups is 1. The van der Waals surface area contributed by atoms with E-state index in [9.17, 15) is 4.79 Å². The third-order valence-corrected chi connectivity index (χ3v) is 2.07. The molecule has 14 heavy (non-hydrogen) atoms. The molecule has 80 valence electrons. The number of nitrogens with two attached hydrogens (primary N) is 1. The highest BCUT2D eigenvalue weighted by Gasteiger charge is 2.16. The van der Waals surface area contributed by atoms with Crippen LogP contribution in [0.1, 0.15) is 26.7 Å². The van der Waals surface area contributed by atoms with Crippen LogP contribution in [0.25, 0.3) is 0 Å². The fourth-order valence-electron chi connectivity index (χ4n) is 1.19. The van der Waals surface area contributed by atoms with Crippen molar-refractivity contribution < 1.29 is 4.79 Å². The summed E-state index contributed by atoms with van der Waals surface area (Å²) in [5, 5.41) is 8.77. The molecule has 0 rings (SSSR count). The van der Waals surface area contributed by atoms with Crippen molar-refractivity contribution in [2.75, 3.05) is 20.1 Å². The molecule has 4 nitrogen and oxygen atoms in total. The average Bonchev–Trinajstić information content (AvgIpc) is 2.02. The third-order valence-electron chi connectivity index (χ3n) is 2.07. The van der Waals surface area contributed by atoms with E-state index in [-0.39, 0.29) is 17.9 Å². The predicted molar refractivity (Wildman–Crippen MR) is 55.3 cm³/mol. The molecule has 0 spiro atoms. The Kier molecular flexibility index (Phi) is 5.18. The van der Waals surface area contributed by atoms with E-state index in [0.29, 0.717) is 0 Å². The van der Waals surface area contributed by atoms with Gasteiger partial charge in [-0.25, -0.2) is 0 Å².